The third kappa shape index (κ3) is 1.46. The topological polar surface area (TPSA) is 64.9 Å². The predicted octanol–water partition coefficient (Wildman–Crippen LogP) is 1.94. The van der Waals surface area contributed by atoms with Crippen molar-refractivity contribution in [3.05, 3.63) is 29.7 Å². The molecule has 0 aliphatic heterocycles. The third-order valence-electron chi connectivity index (χ3n) is 1.98. The van der Waals surface area contributed by atoms with Gasteiger partial charge in [0, 0.05) is 18.2 Å². The molecule has 2 N–H and O–H groups in total. The lowest BCUT2D eigenvalue weighted by Gasteiger charge is -2.01. The van der Waals surface area contributed by atoms with E-state index in [2.05, 4.69) is 10.1 Å². The molecule has 72 valence electrons. The minimum Gasteiger partial charge on any atom is -0.398 e. The van der Waals surface area contributed by atoms with E-state index in [1.165, 1.54) is 0 Å². The van der Waals surface area contributed by atoms with Crippen molar-refractivity contribution in [2.75, 3.05) is 5.73 Å². The van der Waals surface area contributed by atoms with Crippen molar-refractivity contribution in [2.45, 2.75) is 13.8 Å². The number of aromatic nitrogens is 2. The molecule has 4 nitrogen and oxygen atoms in total. The lowest BCUT2D eigenvalue weighted by Crippen LogP contribution is -1.92. The molecule has 0 bridgehead atoms. The summed E-state index contributed by atoms with van der Waals surface area (Å²) in [5.41, 5.74) is 8.42. The second-order valence-corrected chi connectivity index (χ2v) is 3.23. The summed E-state index contributed by atoms with van der Waals surface area (Å²) in [7, 11) is 0. The first kappa shape index (κ1) is 8.74. The van der Waals surface area contributed by atoms with Crippen LogP contribution in [0.3, 0.4) is 0 Å². The van der Waals surface area contributed by atoms with Gasteiger partial charge in [0.1, 0.15) is 0 Å². The zero-order chi connectivity index (χ0) is 10.1. The first-order chi connectivity index (χ1) is 6.66. The molecule has 0 atom stereocenters. The number of hydrogen-bond donors (Lipinski definition) is 1. The van der Waals surface area contributed by atoms with Gasteiger partial charge in [0.25, 0.3) is 0 Å². The van der Waals surface area contributed by atoms with E-state index in [1.807, 2.05) is 25.1 Å². The second-order valence-electron chi connectivity index (χ2n) is 3.23. The summed E-state index contributed by atoms with van der Waals surface area (Å²) >= 11 is 0. The Morgan fingerprint density at radius 3 is 2.71 bits per heavy atom. The summed E-state index contributed by atoms with van der Waals surface area (Å²) in [4.78, 5) is 4.13. The average Bonchev–Trinajstić information content (AvgIpc) is 2.56. The van der Waals surface area contributed by atoms with Gasteiger partial charge in [0.05, 0.1) is 0 Å². The van der Waals surface area contributed by atoms with E-state index < -0.39 is 0 Å². The van der Waals surface area contributed by atoms with Gasteiger partial charge in [0.15, 0.2) is 0 Å². The minimum atomic E-state index is 0.543. The summed E-state index contributed by atoms with van der Waals surface area (Å²) in [6, 6.07) is 5.74. The fourth-order valence-corrected chi connectivity index (χ4v) is 1.27. The minimum absolute atomic E-state index is 0.543. The number of nitrogens with zero attached hydrogens (tertiary/aromatic N) is 2. The Morgan fingerprint density at radius 2 is 2.07 bits per heavy atom. The van der Waals surface area contributed by atoms with Crippen LogP contribution in [0.2, 0.25) is 0 Å². The molecule has 0 amide bonds. The number of rotatable bonds is 1. The molecule has 2 rings (SSSR count). The summed E-state index contributed by atoms with van der Waals surface area (Å²) in [5, 5.41) is 3.82. The molecule has 0 fully saturated rings. The van der Waals surface area contributed by atoms with Gasteiger partial charge in [-0.1, -0.05) is 16.8 Å². The van der Waals surface area contributed by atoms with Gasteiger partial charge in [-0.25, -0.2) is 0 Å². The fourth-order valence-electron chi connectivity index (χ4n) is 1.27. The first-order valence-corrected chi connectivity index (χ1v) is 4.33. The molecule has 0 saturated heterocycles. The van der Waals surface area contributed by atoms with Crippen LogP contribution in [-0.2, 0) is 0 Å². The smallest absolute Gasteiger partial charge is 0.223 e. The monoisotopic (exact) mass is 189 g/mol. The van der Waals surface area contributed by atoms with Crippen molar-refractivity contribution in [1.29, 1.82) is 0 Å². The number of anilines is 1. The SMILES string of the molecule is Cc1ccc(N)c(-c2noc(C)n2)c1. The highest BCUT2D eigenvalue weighted by molar-refractivity contribution is 5.71. The normalized spacial score (nSPS) is 10.4. The van der Waals surface area contributed by atoms with Gasteiger partial charge in [-0.05, 0) is 19.1 Å². The zero-order valence-electron chi connectivity index (χ0n) is 8.11. The van der Waals surface area contributed by atoms with Gasteiger partial charge in [-0.3, -0.25) is 0 Å². The van der Waals surface area contributed by atoms with Gasteiger partial charge >= 0.3 is 0 Å². The van der Waals surface area contributed by atoms with Crippen molar-refractivity contribution in [2.24, 2.45) is 0 Å². The fraction of sp³-hybridized carbons (Fsp3) is 0.200. The van der Waals surface area contributed by atoms with Gasteiger partial charge in [0.2, 0.25) is 11.7 Å². The van der Waals surface area contributed by atoms with Crippen LogP contribution >= 0.6 is 0 Å². The number of nitrogen functional groups attached to an aromatic ring is 1. The number of benzene rings is 1. The summed E-state index contributed by atoms with van der Waals surface area (Å²) in [5.74, 6) is 1.09. The van der Waals surface area contributed by atoms with Gasteiger partial charge in [-0.2, -0.15) is 4.98 Å². The van der Waals surface area contributed by atoms with Gasteiger partial charge in [-0.15, -0.1) is 0 Å². The number of aryl methyl sites for hydroxylation is 2. The van der Waals surface area contributed by atoms with Crippen LogP contribution in [-0.4, -0.2) is 10.1 Å². The van der Waals surface area contributed by atoms with E-state index in [0.29, 0.717) is 17.4 Å². The molecule has 1 aromatic carbocycles. The average molecular weight is 189 g/mol. The molecule has 0 saturated carbocycles. The molecule has 14 heavy (non-hydrogen) atoms. The Labute approximate surface area is 81.7 Å². The Morgan fingerprint density at radius 1 is 1.29 bits per heavy atom. The van der Waals surface area contributed by atoms with Crippen molar-refractivity contribution in [1.82, 2.24) is 10.1 Å². The maximum Gasteiger partial charge on any atom is 0.223 e. The number of hydrogen-bond acceptors (Lipinski definition) is 4. The van der Waals surface area contributed by atoms with Crippen LogP contribution in [0.1, 0.15) is 11.5 Å². The summed E-state index contributed by atoms with van der Waals surface area (Å²) in [6.07, 6.45) is 0. The highest BCUT2D eigenvalue weighted by Crippen LogP contribution is 2.23. The van der Waals surface area contributed by atoms with Crippen molar-refractivity contribution >= 4 is 5.69 Å². The van der Waals surface area contributed by atoms with Crippen LogP contribution in [0.15, 0.2) is 22.7 Å². The molecular formula is C10H11N3O. The van der Waals surface area contributed by atoms with Gasteiger partial charge < -0.3 is 10.3 Å². The van der Waals surface area contributed by atoms with Crippen molar-refractivity contribution < 1.29 is 4.52 Å². The molecule has 4 heteroatoms. The Bertz CT molecular complexity index is 462. The molecule has 0 aliphatic rings. The molecule has 2 aromatic rings. The van der Waals surface area contributed by atoms with Crippen LogP contribution < -0.4 is 5.73 Å². The Hall–Kier alpha value is -1.84. The van der Waals surface area contributed by atoms with E-state index >= 15 is 0 Å². The van der Waals surface area contributed by atoms with E-state index in [-0.39, 0.29) is 0 Å². The van der Waals surface area contributed by atoms with E-state index in [9.17, 15) is 0 Å². The molecule has 0 radical (unpaired) electrons. The largest absolute Gasteiger partial charge is 0.398 e. The predicted molar refractivity (Wildman–Crippen MR) is 53.6 cm³/mol. The lowest BCUT2D eigenvalue weighted by molar-refractivity contribution is 0.394. The molecule has 1 heterocycles. The molecule has 0 aliphatic carbocycles. The van der Waals surface area contributed by atoms with Crippen LogP contribution in [0.25, 0.3) is 11.4 Å². The van der Waals surface area contributed by atoms with E-state index in [1.54, 1.807) is 6.92 Å². The summed E-state index contributed by atoms with van der Waals surface area (Å²) in [6.45, 7) is 3.75. The quantitative estimate of drug-likeness (QED) is 0.696. The molecular weight excluding hydrogens is 178 g/mol. The number of nitrogens with two attached hydrogens (primary N) is 1. The van der Waals surface area contributed by atoms with Crippen molar-refractivity contribution in [3.63, 3.8) is 0 Å². The first-order valence-electron chi connectivity index (χ1n) is 4.33. The lowest BCUT2D eigenvalue weighted by atomic mass is 10.1. The van der Waals surface area contributed by atoms with Crippen LogP contribution in [0.4, 0.5) is 5.69 Å². The van der Waals surface area contributed by atoms with Crippen molar-refractivity contribution in [3.8, 4) is 11.4 Å². The Balaban J connectivity index is 2.55. The molecule has 0 spiro atoms. The zero-order valence-corrected chi connectivity index (χ0v) is 8.11. The third-order valence-corrected chi connectivity index (χ3v) is 1.98. The Kier molecular flexibility index (Phi) is 1.96. The van der Waals surface area contributed by atoms with E-state index in [4.69, 9.17) is 10.3 Å². The van der Waals surface area contributed by atoms with Crippen LogP contribution in [0, 0.1) is 13.8 Å². The molecule has 0 unspecified atom stereocenters. The standard InChI is InChI=1S/C10H11N3O/c1-6-3-4-9(11)8(5-6)10-12-7(2)14-13-10/h3-5H,11H2,1-2H3. The summed E-state index contributed by atoms with van der Waals surface area (Å²) < 4.78 is 4.90. The van der Waals surface area contributed by atoms with Crippen LogP contribution in [0.5, 0.6) is 0 Å². The second kappa shape index (κ2) is 3.14. The highest BCUT2D eigenvalue weighted by Gasteiger charge is 2.08. The maximum atomic E-state index is 5.81. The molecule has 1 aromatic heterocycles. The maximum absolute atomic E-state index is 5.81. The van der Waals surface area contributed by atoms with E-state index in [0.717, 1.165) is 11.1 Å². The highest BCUT2D eigenvalue weighted by atomic mass is 16.5.